The summed E-state index contributed by atoms with van der Waals surface area (Å²) in [7, 11) is 0. The predicted octanol–water partition coefficient (Wildman–Crippen LogP) is -0.0249. The monoisotopic (exact) mass is 115 g/mol. The van der Waals surface area contributed by atoms with Crippen LogP contribution in [0.3, 0.4) is 0 Å². The Bertz CT molecular complexity index is 74.6. The van der Waals surface area contributed by atoms with Gasteiger partial charge >= 0.3 is 0 Å². The van der Waals surface area contributed by atoms with Crippen molar-refractivity contribution in [1.82, 2.24) is 5.32 Å². The lowest BCUT2D eigenvalue weighted by Gasteiger charge is -2.09. The number of nitrogens with one attached hydrogen (secondary N) is 1. The molecule has 1 saturated heterocycles. The van der Waals surface area contributed by atoms with Crippen molar-refractivity contribution in [2.24, 2.45) is 5.92 Å². The van der Waals surface area contributed by atoms with Crippen LogP contribution < -0.4 is 5.32 Å². The molecule has 3 atom stereocenters. The van der Waals surface area contributed by atoms with Gasteiger partial charge in [0.15, 0.2) is 0 Å². The van der Waals surface area contributed by atoms with Crippen molar-refractivity contribution in [2.45, 2.75) is 26.0 Å². The van der Waals surface area contributed by atoms with E-state index in [1.807, 2.05) is 0 Å². The fourth-order valence-corrected chi connectivity index (χ4v) is 1.01. The van der Waals surface area contributed by atoms with Gasteiger partial charge in [-0.15, -0.1) is 0 Å². The third kappa shape index (κ3) is 0.858. The number of hydrogen-bond donors (Lipinski definition) is 2. The summed E-state index contributed by atoms with van der Waals surface area (Å²) in [5, 5.41) is 12.3. The Hall–Kier alpha value is -0.0800. The molecule has 1 aliphatic heterocycles. The maximum Gasteiger partial charge on any atom is 0.0704 e. The smallest absolute Gasteiger partial charge is 0.0704 e. The lowest BCUT2D eigenvalue weighted by atomic mass is 10.0. The first-order valence-corrected chi connectivity index (χ1v) is 3.13. The quantitative estimate of drug-likeness (QED) is 0.465. The minimum Gasteiger partial charge on any atom is -0.391 e. The van der Waals surface area contributed by atoms with Crippen molar-refractivity contribution in [3.05, 3.63) is 0 Å². The Labute approximate surface area is 49.9 Å². The highest BCUT2D eigenvalue weighted by molar-refractivity contribution is 4.83. The van der Waals surface area contributed by atoms with Gasteiger partial charge in [-0.3, -0.25) is 0 Å². The van der Waals surface area contributed by atoms with Crippen LogP contribution in [0.15, 0.2) is 0 Å². The van der Waals surface area contributed by atoms with E-state index in [0.29, 0.717) is 12.0 Å². The van der Waals surface area contributed by atoms with Gasteiger partial charge in [0.1, 0.15) is 0 Å². The fourth-order valence-electron chi connectivity index (χ4n) is 1.01. The van der Waals surface area contributed by atoms with E-state index >= 15 is 0 Å². The molecule has 1 aliphatic rings. The molecule has 0 spiro atoms. The minimum atomic E-state index is -0.120. The first kappa shape index (κ1) is 6.05. The summed E-state index contributed by atoms with van der Waals surface area (Å²) < 4.78 is 0. The Balaban J connectivity index is 2.44. The lowest BCUT2D eigenvalue weighted by molar-refractivity contribution is 0.149. The minimum absolute atomic E-state index is 0.120. The summed E-state index contributed by atoms with van der Waals surface area (Å²) in [5.41, 5.74) is 0. The molecular formula is C6H13NO. The summed E-state index contributed by atoms with van der Waals surface area (Å²) in [5.74, 6) is 0.426. The molecule has 0 aromatic carbocycles. The molecule has 0 radical (unpaired) electrons. The van der Waals surface area contributed by atoms with Crippen molar-refractivity contribution in [1.29, 1.82) is 0 Å². The van der Waals surface area contributed by atoms with Gasteiger partial charge in [0, 0.05) is 12.6 Å². The number of rotatable bonds is 0. The molecule has 0 saturated carbocycles. The molecule has 2 heteroatoms. The molecule has 0 aliphatic carbocycles. The lowest BCUT2D eigenvalue weighted by Crippen LogP contribution is -2.21. The highest BCUT2D eigenvalue weighted by Gasteiger charge is 2.26. The second kappa shape index (κ2) is 2.03. The third-order valence-electron chi connectivity index (χ3n) is 2.04. The highest BCUT2D eigenvalue weighted by atomic mass is 16.3. The van der Waals surface area contributed by atoms with Gasteiger partial charge in [0.05, 0.1) is 6.10 Å². The summed E-state index contributed by atoms with van der Waals surface area (Å²) >= 11 is 0. The standard InChI is InChI=1S/C6H13NO/c1-4-5(2)7-3-6(4)8/h4-8H,3H2,1-2H3/t4?,5-,6?/m1/s1. The number of hydrogen-bond acceptors (Lipinski definition) is 2. The zero-order chi connectivity index (χ0) is 6.15. The van der Waals surface area contributed by atoms with Crippen LogP contribution in [0.2, 0.25) is 0 Å². The Morgan fingerprint density at radius 2 is 2.12 bits per heavy atom. The SMILES string of the molecule is CC1C(O)CN[C@@H]1C. The third-order valence-corrected chi connectivity index (χ3v) is 2.04. The van der Waals surface area contributed by atoms with E-state index in [4.69, 9.17) is 5.11 Å². The second-order valence-corrected chi connectivity index (χ2v) is 2.62. The summed E-state index contributed by atoms with van der Waals surface area (Å²) in [4.78, 5) is 0. The molecule has 0 amide bonds. The van der Waals surface area contributed by atoms with Crippen molar-refractivity contribution in [2.75, 3.05) is 6.54 Å². The largest absolute Gasteiger partial charge is 0.391 e. The van der Waals surface area contributed by atoms with Gasteiger partial charge in [-0.1, -0.05) is 6.92 Å². The molecule has 0 aromatic rings. The normalized spacial score (nSPS) is 47.6. The van der Waals surface area contributed by atoms with E-state index in [1.165, 1.54) is 0 Å². The molecular weight excluding hydrogens is 102 g/mol. The molecule has 1 heterocycles. The van der Waals surface area contributed by atoms with E-state index in [9.17, 15) is 0 Å². The molecule has 8 heavy (non-hydrogen) atoms. The predicted molar refractivity (Wildman–Crippen MR) is 32.6 cm³/mol. The van der Waals surface area contributed by atoms with Crippen molar-refractivity contribution in [3.8, 4) is 0 Å². The van der Waals surface area contributed by atoms with Crippen LogP contribution in [0.25, 0.3) is 0 Å². The Morgan fingerprint density at radius 1 is 1.50 bits per heavy atom. The maximum absolute atomic E-state index is 9.11. The molecule has 0 bridgehead atoms. The molecule has 1 fully saturated rings. The van der Waals surface area contributed by atoms with Gasteiger partial charge in [-0.25, -0.2) is 0 Å². The second-order valence-electron chi connectivity index (χ2n) is 2.62. The van der Waals surface area contributed by atoms with E-state index in [-0.39, 0.29) is 6.10 Å². The number of aliphatic hydroxyl groups excluding tert-OH is 1. The van der Waals surface area contributed by atoms with Crippen molar-refractivity contribution in [3.63, 3.8) is 0 Å². The van der Waals surface area contributed by atoms with Gasteiger partial charge in [0.2, 0.25) is 0 Å². The van der Waals surface area contributed by atoms with Crippen LogP contribution in [0.1, 0.15) is 13.8 Å². The first-order valence-electron chi connectivity index (χ1n) is 3.13. The molecule has 0 aromatic heterocycles. The summed E-state index contributed by atoms with van der Waals surface area (Å²) in [6, 6.07) is 0.491. The van der Waals surface area contributed by atoms with Crippen LogP contribution in [-0.2, 0) is 0 Å². The number of β-amino-alcohol motifs (C(OH)–C–C–N with tert-alkyl or cyclic N) is 1. The van der Waals surface area contributed by atoms with Crippen LogP contribution in [0.5, 0.6) is 0 Å². The van der Waals surface area contributed by atoms with Crippen LogP contribution in [0, 0.1) is 5.92 Å². The number of aliphatic hydroxyl groups is 1. The van der Waals surface area contributed by atoms with E-state index < -0.39 is 0 Å². The van der Waals surface area contributed by atoms with Gasteiger partial charge in [-0.2, -0.15) is 0 Å². The Kier molecular flexibility index (Phi) is 1.54. The van der Waals surface area contributed by atoms with Crippen molar-refractivity contribution >= 4 is 0 Å². The zero-order valence-corrected chi connectivity index (χ0v) is 5.39. The van der Waals surface area contributed by atoms with Crippen molar-refractivity contribution < 1.29 is 5.11 Å². The van der Waals surface area contributed by atoms with E-state index in [2.05, 4.69) is 19.2 Å². The maximum atomic E-state index is 9.11. The first-order chi connectivity index (χ1) is 3.72. The van der Waals surface area contributed by atoms with E-state index in [1.54, 1.807) is 0 Å². The molecule has 1 rings (SSSR count). The van der Waals surface area contributed by atoms with Gasteiger partial charge < -0.3 is 10.4 Å². The van der Waals surface area contributed by atoms with Gasteiger partial charge in [-0.05, 0) is 12.8 Å². The molecule has 2 nitrogen and oxygen atoms in total. The Morgan fingerprint density at radius 3 is 2.25 bits per heavy atom. The van der Waals surface area contributed by atoms with Crippen LogP contribution >= 0.6 is 0 Å². The molecule has 2 unspecified atom stereocenters. The average molecular weight is 115 g/mol. The van der Waals surface area contributed by atoms with Crippen LogP contribution in [-0.4, -0.2) is 23.8 Å². The topological polar surface area (TPSA) is 32.3 Å². The average Bonchev–Trinajstić information content (AvgIpc) is 1.98. The molecule has 2 N–H and O–H groups in total. The summed E-state index contributed by atoms with van der Waals surface area (Å²) in [6.45, 7) is 4.93. The van der Waals surface area contributed by atoms with Crippen LogP contribution in [0.4, 0.5) is 0 Å². The fraction of sp³-hybridized carbons (Fsp3) is 1.00. The zero-order valence-electron chi connectivity index (χ0n) is 5.39. The van der Waals surface area contributed by atoms with Gasteiger partial charge in [0.25, 0.3) is 0 Å². The molecule has 48 valence electrons. The summed E-state index contributed by atoms with van der Waals surface area (Å²) in [6.07, 6.45) is -0.120. The highest BCUT2D eigenvalue weighted by Crippen LogP contribution is 2.13. The van der Waals surface area contributed by atoms with E-state index in [0.717, 1.165) is 6.54 Å².